The zero-order chi connectivity index (χ0) is 15.5. The van der Waals surface area contributed by atoms with Gasteiger partial charge in [-0.25, -0.2) is 4.98 Å². The minimum Gasteiger partial charge on any atom is -0.379 e. The number of ether oxygens (including phenoxy) is 1. The Kier molecular flexibility index (Phi) is 4.87. The van der Waals surface area contributed by atoms with E-state index in [0.29, 0.717) is 12.4 Å². The van der Waals surface area contributed by atoms with Crippen LogP contribution in [-0.4, -0.2) is 54.3 Å². The largest absolute Gasteiger partial charge is 0.379 e. The molecule has 2 aromatic heterocycles. The lowest BCUT2D eigenvalue weighted by Crippen LogP contribution is -2.40. The summed E-state index contributed by atoms with van der Waals surface area (Å²) in [7, 11) is 0. The van der Waals surface area contributed by atoms with Crippen molar-refractivity contribution in [2.24, 2.45) is 0 Å². The van der Waals surface area contributed by atoms with Gasteiger partial charge in [-0.2, -0.15) is 0 Å². The third-order valence-corrected chi connectivity index (χ3v) is 5.19. The van der Waals surface area contributed by atoms with Gasteiger partial charge in [-0.3, -0.25) is 9.69 Å². The maximum Gasteiger partial charge on any atom is 0.259 e. The number of rotatable bonds is 5. The van der Waals surface area contributed by atoms with Gasteiger partial charge in [0.2, 0.25) is 0 Å². The molecule has 0 radical (unpaired) electrons. The number of aryl methyl sites for hydroxylation is 2. The summed E-state index contributed by atoms with van der Waals surface area (Å²) in [5.74, 6) is 0.709. The average molecular weight is 322 g/mol. The van der Waals surface area contributed by atoms with Gasteiger partial charge in [0.15, 0.2) is 0 Å². The molecule has 0 spiro atoms. The summed E-state index contributed by atoms with van der Waals surface area (Å²) < 4.78 is 5.33. The van der Waals surface area contributed by atoms with E-state index in [2.05, 4.69) is 20.2 Å². The Bertz CT molecular complexity index is 703. The molecule has 22 heavy (non-hydrogen) atoms. The number of aromatic amines is 1. The van der Waals surface area contributed by atoms with Crippen LogP contribution in [0, 0.1) is 13.8 Å². The summed E-state index contributed by atoms with van der Waals surface area (Å²) in [5, 5.41) is 4.09. The molecule has 0 aliphatic carbocycles. The molecule has 1 aliphatic heterocycles. The fourth-order valence-corrected chi connectivity index (χ4v) is 3.70. The lowest BCUT2D eigenvalue weighted by Gasteiger charge is -2.26. The fourth-order valence-electron chi connectivity index (χ4n) is 2.65. The van der Waals surface area contributed by atoms with Crippen LogP contribution in [0.25, 0.3) is 10.2 Å². The van der Waals surface area contributed by atoms with Gasteiger partial charge in [0.05, 0.1) is 25.1 Å². The number of H-pyrrole nitrogens is 1. The zero-order valence-corrected chi connectivity index (χ0v) is 13.9. The number of nitrogens with zero attached hydrogens (tertiary/aromatic N) is 2. The van der Waals surface area contributed by atoms with E-state index in [9.17, 15) is 4.79 Å². The van der Waals surface area contributed by atoms with Crippen molar-refractivity contribution >= 4 is 21.6 Å². The number of aromatic nitrogens is 2. The molecule has 6 nitrogen and oxygen atoms in total. The highest BCUT2D eigenvalue weighted by molar-refractivity contribution is 7.18. The normalized spacial score (nSPS) is 16.5. The van der Waals surface area contributed by atoms with Crippen LogP contribution in [0.3, 0.4) is 0 Å². The second-order valence-corrected chi connectivity index (χ2v) is 6.81. The first-order valence-electron chi connectivity index (χ1n) is 7.65. The Morgan fingerprint density at radius 3 is 2.91 bits per heavy atom. The highest BCUT2D eigenvalue weighted by Gasteiger charge is 2.12. The van der Waals surface area contributed by atoms with Crippen molar-refractivity contribution in [3.63, 3.8) is 0 Å². The molecule has 0 aromatic carbocycles. The van der Waals surface area contributed by atoms with Gasteiger partial charge in [-0.1, -0.05) is 0 Å². The topological polar surface area (TPSA) is 70.2 Å². The summed E-state index contributed by atoms with van der Waals surface area (Å²) in [6.07, 6.45) is 0. The van der Waals surface area contributed by atoms with Crippen LogP contribution in [0.4, 0.5) is 0 Å². The van der Waals surface area contributed by atoms with Crippen molar-refractivity contribution in [1.29, 1.82) is 0 Å². The van der Waals surface area contributed by atoms with Crippen molar-refractivity contribution in [2.75, 3.05) is 39.4 Å². The van der Waals surface area contributed by atoms with Gasteiger partial charge < -0.3 is 15.0 Å². The van der Waals surface area contributed by atoms with Crippen molar-refractivity contribution in [3.05, 3.63) is 26.6 Å². The van der Waals surface area contributed by atoms with Crippen molar-refractivity contribution in [1.82, 2.24) is 20.2 Å². The van der Waals surface area contributed by atoms with E-state index < -0.39 is 0 Å². The summed E-state index contributed by atoms with van der Waals surface area (Å²) in [4.78, 5) is 24.0. The quantitative estimate of drug-likeness (QED) is 0.805. The Balaban J connectivity index is 1.58. The average Bonchev–Trinajstić information content (AvgIpc) is 2.80. The number of hydrogen-bond acceptors (Lipinski definition) is 6. The molecule has 0 saturated carbocycles. The van der Waals surface area contributed by atoms with E-state index in [4.69, 9.17) is 4.74 Å². The fraction of sp³-hybridized carbons (Fsp3) is 0.600. The number of thiophene rings is 1. The highest BCUT2D eigenvalue weighted by Crippen LogP contribution is 2.25. The van der Waals surface area contributed by atoms with E-state index in [1.807, 2.05) is 13.8 Å². The molecule has 120 valence electrons. The molecule has 3 rings (SSSR count). The molecule has 1 fully saturated rings. The number of fused-ring (bicyclic) bond motifs is 1. The van der Waals surface area contributed by atoms with Crippen molar-refractivity contribution in [2.45, 2.75) is 20.4 Å². The Morgan fingerprint density at radius 1 is 1.36 bits per heavy atom. The van der Waals surface area contributed by atoms with Crippen LogP contribution in [0.5, 0.6) is 0 Å². The van der Waals surface area contributed by atoms with Crippen LogP contribution in [-0.2, 0) is 11.3 Å². The van der Waals surface area contributed by atoms with E-state index in [0.717, 1.165) is 60.1 Å². The third-order valence-electron chi connectivity index (χ3n) is 4.09. The molecule has 7 heteroatoms. The van der Waals surface area contributed by atoms with E-state index >= 15 is 0 Å². The first-order chi connectivity index (χ1) is 10.6. The molecule has 1 saturated heterocycles. The molecular weight excluding hydrogens is 300 g/mol. The summed E-state index contributed by atoms with van der Waals surface area (Å²) in [6, 6.07) is 0. The van der Waals surface area contributed by atoms with E-state index in [1.165, 1.54) is 0 Å². The molecule has 2 N–H and O–H groups in total. The molecule has 0 atom stereocenters. The molecule has 0 amide bonds. The lowest BCUT2D eigenvalue weighted by atomic mass is 10.2. The molecule has 0 bridgehead atoms. The van der Waals surface area contributed by atoms with Crippen LogP contribution in [0.1, 0.15) is 16.3 Å². The molecular formula is C15H22N4O2S. The predicted octanol–water partition coefficient (Wildman–Crippen LogP) is 1.02. The minimum absolute atomic E-state index is 0.0307. The third kappa shape index (κ3) is 3.38. The summed E-state index contributed by atoms with van der Waals surface area (Å²) in [5.41, 5.74) is 1.01. The monoisotopic (exact) mass is 322 g/mol. The Hall–Kier alpha value is -1.28. The van der Waals surface area contributed by atoms with Gasteiger partial charge in [-0.15, -0.1) is 11.3 Å². The molecule has 1 aliphatic rings. The van der Waals surface area contributed by atoms with Gasteiger partial charge >= 0.3 is 0 Å². The minimum atomic E-state index is -0.0307. The second-order valence-electron chi connectivity index (χ2n) is 5.61. The standard InChI is InChI=1S/C15H22N4O2S/c1-10-11(2)22-15-13(10)14(20)17-12(18-15)9-16-3-4-19-5-7-21-8-6-19/h16H,3-9H2,1-2H3,(H,17,18,20). The van der Waals surface area contributed by atoms with Gasteiger partial charge in [-0.05, 0) is 19.4 Å². The molecule has 2 aromatic rings. The smallest absolute Gasteiger partial charge is 0.259 e. The van der Waals surface area contributed by atoms with Crippen LogP contribution < -0.4 is 10.9 Å². The Morgan fingerprint density at radius 2 is 2.14 bits per heavy atom. The van der Waals surface area contributed by atoms with E-state index in [-0.39, 0.29) is 5.56 Å². The zero-order valence-electron chi connectivity index (χ0n) is 13.1. The number of morpholine rings is 1. The summed E-state index contributed by atoms with van der Waals surface area (Å²) in [6.45, 7) is 10.1. The maximum absolute atomic E-state index is 12.2. The van der Waals surface area contributed by atoms with Crippen molar-refractivity contribution in [3.8, 4) is 0 Å². The summed E-state index contributed by atoms with van der Waals surface area (Å²) >= 11 is 1.59. The predicted molar refractivity (Wildman–Crippen MR) is 88.7 cm³/mol. The molecule has 0 unspecified atom stereocenters. The van der Waals surface area contributed by atoms with Crippen LogP contribution in [0.2, 0.25) is 0 Å². The van der Waals surface area contributed by atoms with Gasteiger partial charge in [0.1, 0.15) is 10.7 Å². The van der Waals surface area contributed by atoms with E-state index in [1.54, 1.807) is 11.3 Å². The first kappa shape index (κ1) is 15.6. The second kappa shape index (κ2) is 6.87. The van der Waals surface area contributed by atoms with Gasteiger partial charge in [0.25, 0.3) is 5.56 Å². The van der Waals surface area contributed by atoms with Gasteiger partial charge in [0, 0.05) is 31.1 Å². The Labute approximate surface area is 133 Å². The molecule has 3 heterocycles. The lowest BCUT2D eigenvalue weighted by molar-refractivity contribution is 0.0384. The SMILES string of the molecule is Cc1sc2nc(CNCCN3CCOCC3)[nH]c(=O)c2c1C. The van der Waals surface area contributed by atoms with Crippen molar-refractivity contribution < 1.29 is 4.74 Å². The first-order valence-corrected chi connectivity index (χ1v) is 8.46. The van der Waals surface area contributed by atoms with Crippen LogP contribution in [0.15, 0.2) is 4.79 Å². The highest BCUT2D eigenvalue weighted by atomic mass is 32.1. The number of nitrogens with one attached hydrogen (secondary N) is 2. The van der Waals surface area contributed by atoms with Crippen LogP contribution >= 0.6 is 11.3 Å². The maximum atomic E-state index is 12.2. The number of hydrogen-bond donors (Lipinski definition) is 2.